The molecule has 0 saturated heterocycles. The topological polar surface area (TPSA) is 58.9 Å². The van der Waals surface area contributed by atoms with Crippen LogP contribution < -0.4 is 0 Å². The average Bonchev–Trinajstić information content (AvgIpc) is 2.95. The van der Waals surface area contributed by atoms with Crippen molar-refractivity contribution in [1.82, 2.24) is 0 Å². The van der Waals surface area contributed by atoms with Gasteiger partial charge in [-0.2, -0.15) is 0 Å². The molecule has 132 valence electrons. The zero-order valence-electron chi connectivity index (χ0n) is 14.9. The van der Waals surface area contributed by atoms with Gasteiger partial charge < -0.3 is 9.84 Å². The Morgan fingerprint density at radius 1 is 1.32 bits per heavy atom. The molecule has 1 N–H and O–H groups in total. The van der Waals surface area contributed by atoms with Crippen molar-refractivity contribution in [2.45, 2.75) is 46.5 Å². The molecule has 0 amide bonds. The molecule has 0 saturated carbocycles. The number of nitrogens with zero attached hydrogens (tertiary/aromatic N) is 1. The number of aromatic hydroxyl groups is 1. The smallest absolute Gasteiger partial charge is 0.341 e. The Kier molecular flexibility index (Phi) is 5.23. The molecule has 1 aliphatic rings. The summed E-state index contributed by atoms with van der Waals surface area (Å²) in [6.45, 7) is 6.02. The molecular weight excluding hydrogens is 334 g/mol. The molecule has 5 heteroatoms. The zero-order valence-corrected chi connectivity index (χ0v) is 15.7. The number of aryl methyl sites for hydroxylation is 3. The standard InChI is InChI=1S/C20H23NO3S/c1-4-24-20(23)17-15-7-5-6-8-16(15)25-19(17)21-11-14-10-12(2)9-13(3)18(14)22/h9-11,22H,4-8H2,1-3H3/b21-11-. The Bertz CT molecular complexity index is 836. The first-order valence-electron chi connectivity index (χ1n) is 8.67. The number of hydrogen-bond donors (Lipinski definition) is 1. The second-order valence-corrected chi connectivity index (χ2v) is 7.47. The van der Waals surface area contributed by atoms with Crippen LogP contribution in [-0.2, 0) is 17.6 Å². The molecule has 0 atom stereocenters. The number of ether oxygens (including phenoxy) is 1. The lowest BCUT2D eigenvalue weighted by molar-refractivity contribution is 0.0526. The first-order chi connectivity index (χ1) is 12.0. The molecule has 1 aliphatic carbocycles. The maximum Gasteiger partial charge on any atom is 0.341 e. The quantitative estimate of drug-likeness (QED) is 0.627. The lowest BCUT2D eigenvalue weighted by Crippen LogP contribution is -2.09. The molecule has 0 unspecified atom stereocenters. The summed E-state index contributed by atoms with van der Waals surface area (Å²) in [5, 5.41) is 10.9. The van der Waals surface area contributed by atoms with Crippen molar-refractivity contribution in [3.8, 4) is 5.75 Å². The van der Waals surface area contributed by atoms with E-state index in [4.69, 9.17) is 4.74 Å². The van der Waals surface area contributed by atoms with Crippen molar-refractivity contribution in [2.24, 2.45) is 4.99 Å². The Labute approximate surface area is 152 Å². The average molecular weight is 357 g/mol. The van der Waals surface area contributed by atoms with Crippen molar-refractivity contribution < 1.29 is 14.6 Å². The summed E-state index contributed by atoms with van der Waals surface area (Å²) in [4.78, 5) is 18.2. The number of benzene rings is 1. The number of fused-ring (bicyclic) bond motifs is 1. The van der Waals surface area contributed by atoms with Gasteiger partial charge in [-0.1, -0.05) is 6.07 Å². The number of hydrogen-bond acceptors (Lipinski definition) is 5. The van der Waals surface area contributed by atoms with Gasteiger partial charge in [0.25, 0.3) is 0 Å². The monoisotopic (exact) mass is 357 g/mol. The molecule has 25 heavy (non-hydrogen) atoms. The van der Waals surface area contributed by atoms with Crippen molar-refractivity contribution in [1.29, 1.82) is 0 Å². The Balaban J connectivity index is 2.02. The van der Waals surface area contributed by atoms with Crippen molar-refractivity contribution in [3.05, 3.63) is 44.8 Å². The van der Waals surface area contributed by atoms with Gasteiger partial charge in [-0.3, -0.25) is 0 Å². The first-order valence-corrected chi connectivity index (χ1v) is 9.48. The van der Waals surface area contributed by atoms with Crippen LogP contribution in [0.25, 0.3) is 0 Å². The van der Waals surface area contributed by atoms with Crippen LogP contribution in [0, 0.1) is 13.8 Å². The van der Waals surface area contributed by atoms with Crippen LogP contribution in [0.1, 0.15) is 57.3 Å². The lowest BCUT2D eigenvalue weighted by atomic mass is 9.95. The van der Waals surface area contributed by atoms with Crippen molar-refractivity contribution in [2.75, 3.05) is 6.61 Å². The number of carbonyl (C=O) groups excluding carboxylic acids is 1. The predicted octanol–water partition coefficient (Wildman–Crippen LogP) is 4.88. The summed E-state index contributed by atoms with van der Waals surface area (Å²) in [7, 11) is 0. The third-order valence-corrected chi connectivity index (χ3v) is 5.63. The van der Waals surface area contributed by atoms with E-state index in [0.29, 0.717) is 22.7 Å². The highest BCUT2D eigenvalue weighted by Gasteiger charge is 2.26. The minimum absolute atomic E-state index is 0.230. The molecule has 0 spiro atoms. The maximum atomic E-state index is 12.4. The molecule has 4 nitrogen and oxygen atoms in total. The third kappa shape index (κ3) is 3.61. The van der Waals surface area contributed by atoms with Crippen LogP contribution in [0.4, 0.5) is 5.00 Å². The molecule has 1 aromatic carbocycles. The SMILES string of the molecule is CCOC(=O)c1c(/N=C\c2cc(C)cc(C)c2O)sc2c1CCCC2. The lowest BCUT2D eigenvalue weighted by Gasteiger charge is -2.11. The molecule has 1 aromatic heterocycles. The van der Waals surface area contributed by atoms with Gasteiger partial charge >= 0.3 is 5.97 Å². The normalized spacial score (nSPS) is 13.9. The second kappa shape index (κ2) is 7.40. The minimum atomic E-state index is -0.293. The van der Waals surface area contributed by atoms with Crippen LogP contribution in [0.5, 0.6) is 5.75 Å². The van der Waals surface area contributed by atoms with E-state index in [1.165, 1.54) is 4.88 Å². The number of thiophene rings is 1. The third-order valence-electron chi connectivity index (χ3n) is 4.43. The summed E-state index contributed by atoms with van der Waals surface area (Å²) in [5.74, 6) is -0.0629. The van der Waals surface area contributed by atoms with Crippen molar-refractivity contribution in [3.63, 3.8) is 0 Å². The maximum absolute atomic E-state index is 12.4. The van der Waals surface area contributed by atoms with E-state index in [1.807, 2.05) is 32.9 Å². The summed E-state index contributed by atoms with van der Waals surface area (Å²) < 4.78 is 5.25. The highest BCUT2D eigenvalue weighted by Crippen LogP contribution is 2.40. The molecule has 1 heterocycles. The van der Waals surface area contributed by atoms with E-state index >= 15 is 0 Å². The second-order valence-electron chi connectivity index (χ2n) is 6.39. The highest BCUT2D eigenvalue weighted by molar-refractivity contribution is 7.16. The van der Waals surface area contributed by atoms with E-state index in [0.717, 1.165) is 42.4 Å². The van der Waals surface area contributed by atoms with Gasteiger partial charge in [-0.05, 0) is 69.2 Å². The fourth-order valence-corrected chi connectivity index (χ4v) is 4.50. The van der Waals surface area contributed by atoms with E-state index in [1.54, 1.807) is 17.6 Å². The van der Waals surface area contributed by atoms with Gasteiger partial charge in [0.05, 0.1) is 12.2 Å². The van der Waals surface area contributed by atoms with Gasteiger partial charge in [0, 0.05) is 16.7 Å². The molecule has 3 rings (SSSR count). The van der Waals surface area contributed by atoms with Gasteiger partial charge in [0.15, 0.2) is 0 Å². The molecule has 0 radical (unpaired) electrons. The van der Waals surface area contributed by atoms with E-state index in [9.17, 15) is 9.90 Å². The summed E-state index contributed by atoms with van der Waals surface area (Å²) in [5.41, 5.74) is 4.26. The summed E-state index contributed by atoms with van der Waals surface area (Å²) >= 11 is 1.57. The van der Waals surface area contributed by atoms with Gasteiger partial charge in [-0.15, -0.1) is 11.3 Å². The van der Waals surface area contributed by atoms with Crippen LogP contribution in [-0.4, -0.2) is 23.9 Å². The first kappa shape index (κ1) is 17.7. The van der Waals surface area contributed by atoms with Gasteiger partial charge in [0.2, 0.25) is 0 Å². The van der Waals surface area contributed by atoms with Crippen molar-refractivity contribution >= 4 is 28.5 Å². The number of carbonyl (C=O) groups is 1. The van der Waals surface area contributed by atoms with Gasteiger partial charge in [0.1, 0.15) is 10.8 Å². The van der Waals surface area contributed by atoms with Crippen LogP contribution in [0.2, 0.25) is 0 Å². The fourth-order valence-electron chi connectivity index (χ4n) is 3.28. The number of aliphatic imine (C=N–C) groups is 1. The van der Waals surface area contributed by atoms with Gasteiger partial charge in [-0.25, -0.2) is 9.79 Å². The highest BCUT2D eigenvalue weighted by atomic mass is 32.1. The van der Waals surface area contributed by atoms with Crippen LogP contribution in [0.3, 0.4) is 0 Å². The minimum Gasteiger partial charge on any atom is -0.507 e. The summed E-state index contributed by atoms with van der Waals surface area (Å²) in [6.07, 6.45) is 5.80. The Morgan fingerprint density at radius 2 is 2.08 bits per heavy atom. The zero-order chi connectivity index (χ0) is 18.0. The largest absolute Gasteiger partial charge is 0.507 e. The van der Waals surface area contributed by atoms with Crippen LogP contribution >= 0.6 is 11.3 Å². The van der Waals surface area contributed by atoms with E-state index in [-0.39, 0.29) is 11.7 Å². The number of phenolic OH excluding ortho intramolecular Hbond substituents is 1. The van der Waals surface area contributed by atoms with E-state index < -0.39 is 0 Å². The van der Waals surface area contributed by atoms with E-state index in [2.05, 4.69) is 4.99 Å². The Morgan fingerprint density at radius 3 is 2.84 bits per heavy atom. The summed E-state index contributed by atoms with van der Waals surface area (Å²) in [6, 6.07) is 3.82. The predicted molar refractivity (Wildman–Crippen MR) is 102 cm³/mol. The molecule has 0 fully saturated rings. The molecule has 2 aromatic rings. The molecular formula is C20H23NO3S. The number of rotatable bonds is 4. The van der Waals surface area contributed by atoms with Crippen LogP contribution in [0.15, 0.2) is 17.1 Å². The Hall–Kier alpha value is -2.14. The number of phenols is 1. The molecule has 0 aliphatic heterocycles. The molecule has 0 bridgehead atoms. The fraction of sp³-hybridized carbons (Fsp3) is 0.400. The number of esters is 1.